The largest absolute Gasteiger partial charge is 0.458 e. The molecule has 0 saturated carbocycles. The molecule has 4 rings (SSSR count). The summed E-state index contributed by atoms with van der Waals surface area (Å²) in [5.41, 5.74) is 2.92. The number of thioether (sulfide) groups is 1. The molecule has 1 aromatic heterocycles. The van der Waals surface area contributed by atoms with Gasteiger partial charge in [0, 0.05) is 34.3 Å². The molecule has 6 bridgehead atoms. The molecule has 0 spiro atoms. The molecule has 7 nitrogen and oxygen atoms in total. The Morgan fingerprint density at radius 1 is 0.865 bits per heavy atom. The zero-order valence-electron chi connectivity index (χ0n) is 18.4. The summed E-state index contributed by atoms with van der Waals surface area (Å²) in [6.07, 6.45) is -9.95. The first-order valence-electron chi connectivity index (χ1n) is 10.2. The topological polar surface area (TPSA) is 96.0 Å². The van der Waals surface area contributed by atoms with Crippen molar-refractivity contribution in [2.45, 2.75) is 17.2 Å². The number of Topliss-reactive ketones (excluding diaryl/α,β-unsaturated/α-hetero) is 2. The van der Waals surface area contributed by atoms with E-state index in [2.05, 4.69) is 38.1 Å². The van der Waals surface area contributed by atoms with Gasteiger partial charge in [-0.1, -0.05) is 23.7 Å². The Morgan fingerprint density at radius 2 is 1.46 bits per heavy atom. The third-order valence-corrected chi connectivity index (χ3v) is 5.65. The molecule has 196 valence electrons. The van der Waals surface area contributed by atoms with Crippen molar-refractivity contribution in [3.05, 3.63) is 59.8 Å². The molecule has 1 aliphatic heterocycles. The Morgan fingerprint density at radius 3 is 2.11 bits per heavy atom. The van der Waals surface area contributed by atoms with E-state index < -0.39 is 23.9 Å². The summed E-state index contributed by atoms with van der Waals surface area (Å²) in [5.74, 6) is -4.78. The number of carbonyl (C=O) groups excluding carboxylic acids is 2. The molecule has 0 fully saturated rings. The van der Waals surface area contributed by atoms with Crippen LogP contribution in [-0.2, 0) is 9.59 Å². The van der Waals surface area contributed by atoms with Gasteiger partial charge in [0.1, 0.15) is 5.02 Å². The van der Waals surface area contributed by atoms with Crippen molar-refractivity contribution in [1.82, 2.24) is 9.97 Å². The normalized spacial score (nSPS) is 13.3. The Labute approximate surface area is 215 Å². The molecule has 0 unspecified atom stereocenters. The van der Waals surface area contributed by atoms with Crippen molar-refractivity contribution in [2.75, 3.05) is 28.2 Å². The maximum atomic E-state index is 11.2. The van der Waals surface area contributed by atoms with Crippen LogP contribution in [0.1, 0.15) is 0 Å². The smallest absolute Gasteiger partial charge is 0.384 e. The van der Waals surface area contributed by atoms with E-state index in [4.69, 9.17) is 11.6 Å². The van der Waals surface area contributed by atoms with E-state index in [1.54, 1.807) is 18.0 Å². The fourth-order valence-corrected chi connectivity index (χ4v) is 3.74. The minimum Gasteiger partial charge on any atom is -0.384 e. The summed E-state index contributed by atoms with van der Waals surface area (Å²) in [6, 6.07) is 16.3. The number of halogens is 7. The van der Waals surface area contributed by atoms with Gasteiger partial charge in [-0.2, -0.15) is 31.3 Å². The molecular weight excluding hydrogens is 548 g/mol. The van der Waals surface area contributed by atoms with E-state index in [-0.39, 0.29) is 0 Å². The van der Waals surface area contributed by atoms with Gasteiger partial charge in [-0.25, -0.2) is 4.98 Å². The van der Waals surface area contributed by atoms with Crippen molar-refractivity contribution in [3.63, 3.8) is 0 Å². The SMILES string of the molecule is Clc1cnc2nc1Nc1cccc(c1)SCCNc1cccc(c1)N2.O=C(C(=O)C(F)(F)F)C(F)(F)F. The van der Waals surface area contributed by atoms with Crippen LogP contribution in [0.3, 0.4) is 0 Å². The zero-order chi connectivity index (χ0) is 27.2. The number of benzene rings is 2. The highest BCUT2D eigenvalue weighted by molar-refractivity contribution is 7.99. The number of hydrogen-bond donors (Lipinski definition) is 3. The second-order valence-electron chi connectivity index (χ2n) is 7.18. The number of alkyl halides is 6. The van der Waals surface area contributed by atoms with Crippen LogP contribution in [0.15, 0.2) is 59.6 Å². The molecule has 0 amide bonds. The molecule has 15 heteroatoms. The number of aromatic nitrogens is 2. The van der Waals surface area contributed by atoms with Gasteiger partial charge in [-0.05, 0) is 36.4 Å². The van der Waals surface area contributed by atoms with Gasteiger partial charge < -0.3 is 16.0 Å². The quantitative estimate of drug-likeness (QED) is 0.232. The van der Waals surface area contributed by atoms with E-state index in [0.29, 0.717) is 16.8 Å². The maximum absolute atomic E-state index is 11.2. The lowest BCUT2D eigenvalue weighted by Gasteiger charge is -2.11. The minimum atomic E-state index is -5.77. The summed E-state index contributed by atoms with van der Waals surface area (Å²) < 4.78 is 67.0. The molecule has 3 aromatic rings. The fourth-order valence-electron chi connectivity index (χ4n) is 2.77. The highest BCUT2D eigenvalue weighted by atomic mass is 35.5. The Kier molecular flexibility index (Phi) is 8.86. The Balaban J connectivity index is 0.000000270. The van der Waals surface area contributed by atoms with Gasteiger partial charge in [0.05, 0.1) is 6.20 Å². The van der Waals surface area contributed by atoms with Crippen LogP contribution in [0.5, 0.6) is 0 Å². The number of ketones is 2. The lowest BCUT2D eigenvalue weighted by molar-refractivity contribution is -0.193. The second-order valence-corrected chi connectivity index (χ2v) is 8.75. The average molecular weight is 564 g/mol. The van der Waals surface area contributed by atoms with Crippen molar-refractivity contribution < 1.29 is 35.9 Å². The van der Waals surface area contributed by atoms with E-state index in [1.165, 1.54) is 4.90 Å². The van der Waals surface area contributed by atoms with Gasteiger partial charge >= 0.3 is 23.9 Å². The Bertz CT molecular complexity index is 1260. The molecule has 0 radical (unpaired) electrons. The average Bonchev–Trinajstić information content (AvgIpc) is 2.82. The van der Waals surface area contributed by atoms with E-state index in [0.717, 1.165) is 29.4 Å². The summed E-state index contributed by atoms with van der Waals surface area (Å²) in [6.45, 7) is 0.877. The highest BCUT2D eigenvalue weighted by Crippen LogP contribution is 2.29. The molecule has 1 aliphatic rings. The van der Waals surface area contributed by atoms with Gasteiger partial charge in [0.15, 0.2) is 5.82 Å². The van der Waals surface area contributed by atoms with Gasteiger partial charge in [0.2, 0.25) is 5.95 Å². The molecule has 0 aliphatic carbocycles. The summed E-state index contributed by atoms with van der Waals surface area (Å²) in [5, 5.41) is 10.4. The van der Waals surface area contributed by atoms with Crippen molar-refractivity contribution in [2.24, 2.45) is 0 Å². The van der Waals surface area contributed by atoms with Crippen LogP contribution < -0.4 is 16.0 Å². The van der Waals surface area contributed by atoms with E-state index in [9.17, 15) is 35.9 Å². The highest BCUT2D eigenvalue weighted by Gasteiger charge is 2.54. The third-order valence-electron chi connectivity index (χ3n) is 4.38. The first kappa shape index (κ1) is 28.1. The van der Waals surface area contributed by atoms with Crippen LogP contribution in [0.25, 0.3) is 0 Å². The molecule has 3 N–H and O–H groups in total. The zero-order valence-corrected chi connectivity index (χ0v) is 19.9. The van der Waals surface area contributed by atoms with Crippen LogP contribution in [0, 0.1) is 0 Å². The number of nitrogens with one attached hydrogen (secondary N) is 3. The van der Waals surface area contributed by atoms with Crippen molar-refractivity contribution in [3.8, 4) is 0 Å². The van der Waals surface area contributed by atoms with Crippen LogP contribution in [0.4, 0.5) is 55.2 Å². The number of anilines is 5. The first-order valence-corrected chi connectivity index (χ1v) is 11.6. The molecule has 0 atom stereocenters. The standard InChI is InChI=1S/C18H16ClN5S.C4F6O2/c19-16-11-21-18-23-13-4-1-3-12(9-13)20-7-8-25-15-6-2-5-14(10-15)22-17(16)24-18;5-3(6,7)1(11)2(12)4(8,9)10/h1-6,9-11,20H,7-8H2,(H2,21,22,23,24);. The van der Waals surface area contributed by atoms with E-state index >= 15 is 0 Å². The first-order chi connectivity index (χ1) is 17.3. The second kappa shape index (κ2) is 11.7. The minimum absolute atomic E-state index is 0.475. The van der Waals surface area contributed by atoms with Crippen molar-refractivity contribution >= 4 is 63.8 Å². The lowest BCUT2D eigenvalue weighted by Crippen LogP contribution is -2.39. The number of carbonyl (C=O) groups is 2. The molecule has 2 aromatic carbocycles. The summed E-state index contributed by atoms with van der Waals surface area (Å²) in [7, 11) is 0. The monoisotopic (exact) mass is 563 g/mol. The van der Waals surface area contributed by atoms with Gasteiger partial charge in [-0.3, -0.25) is 9.59 Å². The molecule has 2 heterocycles. The number of hydrogen-bond acceptors (Lipinski definition) is 8. The third kappa shape index (κ3) is 8.25. The predicted molar refractivity (Wildman–Crippen MR) is 128 cm³/mol. The van der Waals surface area contributed by atoms with Gasteiger partial charge in [0.25, 0.3) is 0 Å². The number of rotatable bonds is 1. The Hall–Kier alpha value is -3.52. The molecule has 37 heavy (non-hydrogen) atoms. The molecular formula is C22H16ClF6N5O2S. The van der Waals surface area contributed by atoms with Crippen molar-refractivity contribution in [1.29, 1.82) is 0 Å². The van der Waals surface area contributed by atoms with Crippen LogP contribution in [-0.4, -0.2) is 46.2 Å². The lowest BCUT2D eigenvalue weighted by atomic mass is 10.2. The van der Waals surface area contributed by atoms with E-state index in [1.807, 2.05) is 36.4 Å². The van der Waals surface area contributed by atoms with Gasteiger partial charge in [-0.15, -0.1) is 11.8 Å². The fraction of sp³-hybridized carbons (Fsp3) is 0.182. The summed E-state index contributed by atoms with van der Waals surface area (Å²) >= 11 is 8.06. The van der Waals surface area contributed by atoms with Crippen LogP contribution in [0.2, 0.25) is 5.02 Å². The number of fused-ring (bicyclic) bond motifs is 6. The molecule has 0 saturated heterocycles. The van der Waals surface area contributed by atoms with Crippen LogP contribution >= 0.6 is 23.4 Å². The predicted octanol–water partition coefficient (Wildman–Crippen LogP) is 6.38. The summed E-state index contributed by atoms with van der Waals surface area (Å²) in [4.78, 5) is 29.2. The maximum Gasteiger partial charge on any atom is 0.458 e. The number of nitrogens with zero attached hydrogens (tertiary/aromatic N) is 2.